The third-order valence-electron chi connectivity index (χ3n) is 10.1. The minimum atomic E-state index is -0.762. The van der Waals surface area contributed by atoms with E-state index in [1.165, 1.54) is 103 Å². The van der Waals surface area contributed by atoms with Gasteiger partial charge in [0.1, 0.15) is 13.2 Å². The zero-order valence-electron chi connectivity index (χ0n) is 33.5. The predicted octanol–water partition coefficient (Wildman–Crippen LogP) is 12.9. The monoisotopic (exact) mass is 695 g/mol. The molecule has 0 aliphatic rings. The van der Waals surface area contributed by atoms with Crippen molar-refractivity contribution in [2.24, 2.45) is 17.8 Å². The van der Waals surface area contributed by atoms with Gasteiger partial charge in [0.15, 0.2) is 6.10 Å². The van der Waals surface area contributed by atoms with Crippen LogP contribution in [-0.2, 0) is 28.6 Å². The summed E-state index contributed by atoms with van der Waals surface area (Å²) >= 11 is 0. The molecule has 0 rings (SSSR count). The first kappa shape index (κ1) is 47.4. The molecule has 0 aromatic heterocycles. The van der Waals surface area contributed by atoms with E-state index in [2.05, 4.69) is 41.5 Å². The zero-order chi connectivity index (χ0) is 36.4. The summed E-state index contributed by atoms with van der Waals surface area (Å²) in [7, 11) is 0. The lowest BCUT2D eigenvalue weighted by Gasteiger charge is -2.18. The number of hydrogen-bond acceptors (Lipinski definition) is 6. The second kappa shape index (κ2) is 34.8. The summed E-state index contributed by atoms with van der Waals surface area (Å²) in [5, 5.41) is 0. The van der Waals surface area contributed by atoms with Gasteiger partial charge in [-0.15, -0.1) is 0 Å². The summed E-state index contributed by atoms with van der Waals surface area (Å²) in [6.07, 6.45) is 29.6. The number of hydrogen-bond donors (Lipinski definition) is 0. The molecule has 0 aromatic rings. The van der Waals surface area contributed by atoms with Crippen molar-refractivity contribution in [2.45, 2.75) is 227 Å². The molecule has 0 heterocycles. The molecule has 0 aliphatic carbocycles. The van der Waals surface area contributed by atoms with Crippen LogP contribution in [0.2, 0.25) is 0 Å². The second-order valence-corrected chi connectivity index (χ2v) is 15.6. The smallest absolute Gasteiger partial charge is 0.306 e. The van der Waals surface area contributed by atoms with E-state index in [-0.39, 0.29) is 31.1 Å². The van der Waals surface area contributed by atoms with Crippen molar-refractivity contribution < 1.29 is 28.6 Å². The lowest BCUT2D eigenvalue weighted by atomic mass is 9.99. The first-order chi connectivity index (χ1) is 23.7. The van der Waals surface area contributed by atoms with Crippen LogP contribution >= 0.6 is 0 Å². The topological polar surface area (TPSA) is 78.9 Å². The Morgan fingerprint density at radius 2 is 0.714 bits per heavy atom. The highest BCUT2D eigenvalue weighted by atomic mass is 16.6. The molecule has 0 amide bonds. The molecule has 3 atom stereocenters. The third-order valence-corrected chi connectivity index (χ3v) is 10.1. The molecule has 0 fully saturated rings. The fraction of sp³-hybridized carbons (Fsp3) is 0.930. The van der Waals surface area contributed by atoms with Crippen LogP contribution < -0.4 is 0 Å². The highest BCUT2D eigenvalue weighted by Gasteiger charge is 2.19. The Balaban J connectivity index is 4.37. The van der Waals surface area contributed by atoms with Crippen LogP contribution in [0.15, 0.2) is 0 Å². The summed E-state index contributed by atoms with van der Waals surface area (Å²) in [6, 6.07) is 0. The molecule has 0 radical (unpaired) electrons. The largest absolute Gasteiger partial charge is 0.462 e. The van der Waals surface area contributed by atoms with E-state index >= 15 is 0 Å². The fourth-order valence-electron chi connectivity index (χ4n) is 6.11. The number of rotatable bonds is 36. The van der Waals surface area contributed by atoms with Gasteiger partial charge in [-0.05, 0) is 37.0 Å². The van der Waals surface area contributed by atoms with Gasteiger partial charge in [-0.25, -0.2) is 0 Å². The molecule has 290 valence electrons. The molecule has 0 aliphatic heterocycles. The number of ether oxygens (including phenoxy) is 3. The molecule has 49 heavy (non-hydrogen) atoms. The van der Waals surface area contributed by atoms with E-state index < -0.39 is 6.10 Å². The summed E-state index contributed by atoms with van der Waals surface area (Å²) in [5.74, 6) is 1.55. The SMILES string of the molecule is CCC(C)CCCCCCCCCCC(=O)OC[C@@H](COC(=O)CCCCCCCCC(C)CC)OC(=O)CCCCCCCCC(C)C. The van der Waals surface area contributed by atoms with Crippen LogP contribution in [0, 0.1) is 17.8 Å². The third kappa shape index (κ3) is 34.6. The van der Waals surface area contributed by atoms with Crippen molar-refractivity contribution in [1.82, 2.24) is 0 Å². The molecular weight excluding hydrogens is 612 g/mol. The Hall–Kier alpha value is -1.59. The highest BCUT2D eigenvalue weighted by molar-refractivity contribution is 5.71. The lowest BCUT2D eigenvalue weighted by molar-refractivity contribution is -0.167. The summed E-state index contributed by atoms with van der Waals surface area (Å²) in [4.78, 5) is 37.5. The van der Waals surface area contributed by atoms with E-state index in [0.717, 1.165) is 75.5 Å². The van der Waals surface area contributed by atoms with Crippen LogP contribution in [0.5, 0.6) is 0 Å². The van der Waals surface area contributed by atoms with E-state index in [1.54, 1.807) is 0 Å². The summed E-state index contributed by atoms with van der Waals surface area (Å²) in [6.45, 7) is 13.6. The lowest BCUT2D eigenvalue weighted by Crippen LogP contribution is -2.30. The molecule has 0 N–H and O–H groups in total. The first-order valence-electron chi connectivity index (χ1n) is 21.2. The van der Waals surface area contributed by atoms with Gasteiger partial charge in [-0.2, -0.15) is 0 Å². The van der Waals surface area contributed by atoms with Gasteiger partial charge in [-0.3, -0.25) is 14.4 Å². The molecule has 6 heteroatoms. The predicted molar refractivity (Wildman–Crippen MR) is 206 cm³/mol. The number of esters is 3. The second-order valence-electron chi connectivity index (χ2n) is 15.6. The normalized spacial score (nSPS) is 13.3. The Kier molecular flexibility index (Phi) is 33.7. The van der Waals surface area contributed by atoms with Crippen molar-refractivity contribution in [2.75, 3.05) is 13.2 Å². The van der Waals surface area contributed by atoms with E-state index in [9.17, 15) is 14.4 Å². The molecule has 0 saturated carbocycles. The van der Waals surface area contributed by atoms with E-state index in [1.807, 2.05) is 0 Å². The van der Waals surface area contributed by atoms with Crippen molar-refractivity contribution in [3.8, 4) is 0 Å². The van der Waals surface area contributed by atoms with Crippen molar-refractivity contribution in [3.63, 3.8) is 0 Å². The highest BCUT2D eigenvalue weighted by Crippen LogP contribution is 2.17. The number of unbranched alkanes of at least 4 members (excludes halogenated alkanes) is 17. The number of carbonyl (C=O) groups is 3. The zero-order valence-corrected chi connectivity index (χ0v) is 33.5. The van der Waals surface area contributed by atoms with Crippen molar-refractivity contribution in [3.05, 3.63) is 0 Å². The summed E-state index contributed by atoms with van der Waals surface area (Å²) < 4.78 is 16.6. The molecule has 0 saturated heterocycles. The standard InChI is InChI=1S/C43H82O6/c1-7-38(5)30-24-18-11-9-10-12-20-26-32-41(44)47-35-40(49-43(46)34-28-22-15-13-17-23-29-37(3)4)36-48-42(45)33-27-21-16-14-19-25-31-39(6)8-2/h37-40H,7-36H2,1-6H3/t38?,39?,40-/m0/s1. The maximum Gasteiger partial charge on any atom is 0.306 e. The van der Waals surface area contributed by atoms with Crippen molar-refractivity contribution >= 4 is 17.9 Å². The molecule has 0 aromatic carbocycles. The average molecular weight is 695 g/mol. The molecule has 6 nitrogen and oxygen atoms in total. The summed E-state index contributed by atoms with van der Waals surface area (Å²) in [5.41, 5.74) is 0. The maximum absolute atomic E-state index is 12.6. The van der Waals surface area contributed by atoms with Gasteiger partial charge in [0.25, 0.3) is 0 Å². The van der Waals surface area contributed by atoms with Crippen LogP contribution in [0.4, 0.5) is 0 Å². The van der Waals surface area contributed by atoms with Crippen molar-refractivity contribution in [1.29, 1.82) is 0 Å². The maximum atomic E-state index is 12.6. The Morgan fingerprint density at radius 1 is 0.408 bits per heavy atom. The van der Waals surface area contributed by atoms with Crippen LogP contribution in [0.3, 0.4) is 0 Å². The van der Waals surface area contributed by atoms with Gasteiger partial charge < -0.3 is 14.2 Å². The van der Waals surface area contributed by atoms with Crippen LogP contribution in [0.1, 0.15) is 221 Å². The van der Waals surface area contributed by atoms with Crippen LogP contribution in [-0.4, -0.2) is 37.2 Å². The van der Waals surface area contributed by atoms with E-state index in [0.29, 0.717) is 19.3 Å². The Labute approximate surface area is 304 Å². The quantitative estimate of drug-likeness (QED) is 0.0369. The molecule has 0 spiro atoms. The van der Waals surface area contributed by atoms with Gasteiger partial charge >= 0.3 is 17.9 Å². The number of carbonyl (C=O) groups excluding carboxylic acids is 3. The van der Waals surface area contributed by atoms with Gasteiger partial charge in [-0.1, -0.05) is 183 Å². The Morgan fingerprint density at radius 3 is 1.06 bits per heavy atom. The average Bonchev–Trinajstić information content (AvgIpc) is 3.08. The van der Waals surface area contributed by atoms with Gasteiger partial charge in [0.2, 0.25) is 0 Å². The first-order valence-corrected chi connectivity index (χ1v) is 21.2. The molecule has 2 unspecified atom stereocenters. The fourth-order valence-corrected chi connectivity index (χ4v) is 6.11. The Bertz CT molecular complexity index is 765. The van der Waals surface area contributed by atoms with Crippen LogP contribution in [0.25, 0.3) is 0 Å². The van der Waals surface area contributed by atoms with Gasteiger partial charge in [0, 0.05) is 19.3 Å². The molecule has 0 bridgehead atoms. The van der Waals surface area contributed by atoms with Gasteiger partial charge in [0.05, 0.1) is 0 Å². The molecular formula is C43H82O6. The minimum absolute atomic E-state index is 0.0685. The van der Waals surface area contributed by atoms with E-state index in [4.69, 9.17) is 14.2 Å². The minimum Gasteiger partial charge on any atom is -0.462 e.